The molecule has 2 amide bonds. The Labute approximate surface area is 113 Å². The lowest BCUT2D eigenvalue weighted by Crippen LogP contribution is -2.52. The molecule has 1 aliphatic rings. The van der Waals surface area contributed by atoms with E-state index in [2.05, 4.69) is 6.92 Å². The molecule has 0 saturated carbocycles. The predicted molar refractivity (Wildman–Crippen MR) is 73.9 cm³/mol. The molecule has 1 aliphatic heterocycles. The molecular formula is C14H19N3O2. The van der Waals surface area contributed by atoms with E-state index >= 15 is 0 Å². The third kappa shape index (κ3) is 2.76. The van der Waals surface area contributed by atoms with Crippen LogP contribution in [0.1, 0.15) is 18.4 Å². The van der Waals surface area contributed by atoms with Gasteiger partial charge >= 0.3 is 0 Å². The number of anilines is 1. The zero-order valence-electron chi connectivity index (χ0n) is 11.3. The molecule has 1 aromatic carbocycles. The van der Waals surface area contributed by atoms with E-state index in [0.29, 0.717) is 6.54 Å². The summed E-state index contributed by atoms with van der Waals surface area (Å²) in [5.74, 6) is -0.0825. The molecule has 2 rings (SSSR count). The highest BCUT2D eigenvalue weighted by Crippen LogP contribution is 2.22. The van der Waals surface area contributed by atoms with Crippen molar-refractivity contribution in [3.63, 3.8) is 0 Å². The molecule has 19 heavy (non-hydrogen) atoms. The Morgan fingerprint density at radius 2 is 1.89 bits per heavy atom. The predicted octanol–water partition coefficient (Wildman–Crippen LogP) is 0.554. The Kier molecular flexibility index (Phi) is 3.85. The first-order chi connectivity index (χ1) is 9.02. The Morgan fingerprint density at radius 1 is 1.26 bits per heavy atom. The third-order valence-electron chi connectivity index (χ3n) is 3.56. The van der Waals surface area contributed by atoms with Crippen LogP contribution in [0.15, 0.2) is 24.3 Å². The van der Waals surface area contributed by atoms with Gasteiger partial charge in [-0.25, -0.2) is 0 Å². The Bertz CT molecular complexity index is 483. The van der Waals surface area contributed by atoms with Crippen molar-refractivity contribution in [2.75, 3.05) is 31.6 Å². The van der Waals surface area contributed by atoms with Crippen LogP contribution in [0.4, 0.5) is 5.69 Å². The summed E-state index contributed by atoms with van der Waals surface area (Å²) in [7, 11) is 1.52. The van der Waals surface area contributed by atoms with Gasteiger partial charge in [0, 0.05) is 12.7 Å². The van der Waals surface area contributed by atoms with Gasteiger partial charge in [-0.15, -0.1) is 0 Å². The van der Waals surface area contributed by atoms with Gasteiger partial charge in [-0.05, 0) is 30.2 Å². The van der Waals surface area contributed by atoms with Gasteiger partial charge in [0.15, 0.2) is 0 Å². The lowest BCUT2D eigenvalue weighted by molar-refractivity contribution is -0.143. The van der Waals surface area contributed by atoms with Crippen molar-refractivity contribution < 1.29 is 9.59 Å². The highest BCUT2D eigenvalue weighted by Gasteiger charge is 2.28. The number of benzene rings is 1. The second kappa shape index (κ2) is 5.40. The summed E-state index contributed by atoms with van der Waals surface area (Å²) in [4.78, 5) is 26.4. The fourth-order valence-electron chi connectivity index (χ4n) is 2.08. The van der Waals surface area contributed by atoms with Crippen LogP contribution < -0.4 is 10.6 Å². The Hall–Kier alpha value is -1.88. The topological polar surface area (TPSA) is 66.6 Å². The number of likely N-dealkylation sites (N-methyl/N-ethyl adjacent to an activating group) is 1. The average molecular weight is 261 g/mol. The van der Waals surface area contributed by atoms with Crippen molar-refractivity contribution in [1.29, 1.82) is 0 Å². The molecule has 2 N–H and O–H groups in total. The maximum Gasteiger partial charge on any atom is 0.248 e. The van der Waals surface area contributed by atoms with E-state index in [4.69, 9.17) is 5.73 Å². The van der Waals surface area contributed by atoms with Crippen molar-refractivity contribution in [3.05, 3.63) is 29.8 Å². The molecule has 0 radical (unpaired) electrons. The minimum absolute atomic E-state index is 0.173. The van der Waals surface area contributed by atoms with Crippen molar-refractivity contribution >= 4 is 17.5 Å². The number of nitrogens with two attached hydrogens (primary N) is 1. The number of piperazine rings is 1. The van der Waals surface area contributed by atoms with Crippen LogP contribution in [0.3, 0.4) is 0 Å². The van der Waals surface area contributed by atoms with E-state index in [1.165, 1.54) is 11.9 Å². The minimum atomic E-state index is -0.173. The summed E-state index contributed by atoms with van der Waals surface area (Å²) in [5, 5.41) is 0. The third-order valence-corrected chi connectivity index (χ3v) is 3.56. The van der Waals surface area contributed by atoms with Gasteiger partial charge in [0.05, 0.1) is 13.1 Å². The molecule has 102 valence electrons. The van der Waals surface area contributed by atoms with Gasteiger partial charge in [-0.2, -0.15) is 0 Å². The molecule has 0 aliphatic carbocycles. The van der Waals surface area contributed by atoms with Crippen molar-refractivity contribution in [2.45, 2.75) is 12.8 Å². The molecular weight excluding hydrogens is 242 g/mol. The van der Waals surface area contributed by atoms with Crippen LogP contribution in [-0.2, 0) is 9.59 Å². The number of hydrogen-bond donors (Lipinski definition) is 1. The molecule has 1 saturated heterocycles. The van der Waals surface area contributed by atoms with E-state index in [0.717, 1.165) is 11.3 Å². The van der Waals surface area contributed by atoms with E-state index in [9.17, 15) is 9.59 Å². The van der Waals surface area contributed by atoms with Gasteiger partial charge in [0.1, 0.15) is 0 Å². The Morgan fingerprint density at radius 3 is 2.47 bits per heavy atom. The zero-order chi connectivity index (χ0) is 14.0. The van der Waals surface area contributed by atoms with E-state index < -0.39 is 0 Å². The maximum absolute atomic E-state index is 11.7. The smallest absolute Gasteiger partial charge is 0.248 e. The van der Waals surface area contributed by atoms with Gasteiger partial charge in [0.2, 0.25) is 11.8 Å². The van der Waals surface area contributed by atoms with Crippen LogP contribution in [0.25, 0.3) is 0 Å². The summed E-state index contributed by atoms with van der Waals surface area (Å²) < 4.78 is 0. The van der Waals surface area contributed by atoms with Gasteiger partial charge < -0.3 is 10.6 Å². The molecule has 0 bridgehead atoms. The molecule has 1 fully saturated rings. The summed E-state index contributed by atoms with van der Waals surface area (Å²) in [5.41, 5.74) is 7.69. The first kappa shape index (κ1) is 13.5. The van der Waals surface area contributed by atoms with Crippen molar-refractivity contribution in [1.82, 2.24) is 4.90 Å². The van der Waals surface area contributed by atoms with Crippen molar-refractivity contribution in [2.24, 2.45) is 5.73 Å². The molecule has 1 atom stereocenters. The van der Waals surface area contributed by atoms with Gasteiger partial charge in [0.25, 0.3) is 0 Å². The first-order valence-electron chi connectivity index (χ1n) is 6.37. The van der Waals surface area contributed by atoms with Crippen LogP contribution in [-0.4, -0.2) is 43.4 Å². The van der Waals surface area contributed by atoms with Crippen LogP contribution in [0.5, 0.6) is 0 Å². The minimum Gasteiger partial charge on any atom is -0.353 e. The molecule has 0 aromatic heterocycles. The van der Waals surface area contributed by atoms with E-state index in [1.807, 2.05) is 24.3 Å². The van der Waals surface area contributed by atoms with Crippen LogP contribution >= 0.6 is 0 Å². The molecule has 5 heteroatoms. The summed E-state index contributed by atoms with van der Waals surface area (Å²) >= 11 is 0. The lowest BCUT2D eigenvalue weighted by atomic mass is 10.0. The van der Waals surface area contributed by atoms with Gasteiger partial charge in [-0.1, -0.05) is 19.1 Å². The summed E-state index contributed by atoms with van der Waals surface area (Å²) in [6.45, 7) is 3.11. The number of imide groups is 1. The lowest BCUT2D eigenvalue weighted by Gasteiger charge is -2.32. The monoisotopic (exact) mass is 261 g/mol. The molecule has 1 aromatic rings. The summed E-state index contributed by atoms with van der Waals surface area (Å²) in [6.07, 6.45) is 0. The number of carbonyl (C=O) groups is 2. The SMILES string of the molecule is CC(CN)c1cccc(N2CC(=O)N(C)C(=O)C2)c1. The first-order valence-corrected chi connectivity index (χ1v) is 6.37. The molecule has 1 unspecified atom stereocenters. The number of carbonyl (C=O) groups excluding carboxylic acids is 2. The average Bonchev–Trinajstić information content (AvgIpc) is 2.43. The number of hydrogen-bond acceptors (Lipinski definition) is 4. The second-order valence-corrected chi connectivity index (χ2v) is 4.93. The van der Waals surface area contributed by atoms with Gasteiger partial charge in [-0.3, -0.25) is 14.5 Å². The Balaban J connectivity index is 2.23. The molecule has 0 spiro atoms. The molecule has 1 heterocycles. The second-order valence-electron chi connectivity index (χ2n) is 4.93. The standard InChI is InChI=1S/C14H19N3O2/c1-10(7-15)11-4-3-5-12(6-11)17-8-13(18)16(2)14(19)9-17/h3-6,10H,7-9,15H2,1-2H3. The maximum atomic E-state index is 11.7. The van der Waals surface area contributed by atoms with Crippen molar-refractivity contribution in [3.8, 4) is 0 Å². The quantitative estimate of drug-likeness (QED) is 0.807. The molecule has 5 nitrogen and oxygen atoms in total. The summed E-state index contributed by atoms with van der Waals surface area (Å²) in [6, 6.07) is 7.87. The zero-order valence-corrected chi connectivity index (χ0v) is 11.3. The number of rotatable bonds is 3. The highest BCUT2D eigenvalue weighted by molar-refractivity contribution is 6.02. The van der Waals surface area contributed by atoms with E-state index in [1.54, 1.807) is 4.90 Å². The van der Waals surface area contributed by atoms with Crippen LogP contribution in [0, 0.1) is 0 Å². The normalized spacial score (nSPS) is 17.8. The largest absolute Gasteiger partial charge is 0.353 e. The fourth-order valence-corrected chi connectivity index (χ4v) is 2.08. The number of nitrogens with zero attached hydrogens (tertiary/aromatic N) is 2. The van der Waals surface area contributed by atoms with Crippen LogP contribution in [0.2, 0.25) is 0 Å². The fraction of sp³-hybridized carbons (Fsp3) is 0.429. The highest BCUT2D eigenvalue weighted by atomic mass is 16.2. The number of amides is 2. The van der Waals surface area contributed by atoms with E-state index in [-0.39, 0.29) is 30.8 Å².